The molecule has 8 nitrogen and oxygen atoms in total. The second-order valence-electron chi connectivity index (χ2n) is 5.77. The van der Waals surface area contributed by atoms with Gasteiger partial charge < -0.3 is 14.5 Å². The highest BCUT2D eigenvalue weighted by molar-refractivity contribution is 9.10. The third-order valence-corrected chi connectivity index (χ3v) is 4.13. The fourth-order valence-electron chi connectivity index (χ4n) is 2.46. The van der Waals surface area contributed by atoms with Crippen molar-refractivity contribution in [3.8, 4) is 17.4 Å². The molecule has 28 heavy (non-hydrogen) atoms. The van der Waals surface area contributed by atoms with Gasteiger partial charge in [0.05, 0.1) is 0 Å². The zero-order valence-electron chi connectivity index (χ0n) is 14.7. The highest BCUT2D eigenvalue weighted by Gasteiger charge is 2.11. The van der Waals surface area contributed by atoms with Crippen LogP contribution in [0, 0.1) is 6.92 Å². The van der Waals surface area contributed by atoms with E-state index in [9.17, 15) is 4.79 Å². The summed E-state index contributed by atoms with van der Waals surface area (Å²) in [6, 6.07) is 11.9. The number of anilines is 1. The lowest BCUT2D eigenvalue weighted by Gasteiger charge is -2.09. The Labute approximate surface area is 168 Å². The maximum Gasteiger partial charge on any atom is 0.291 e. The van der Waals surface area contributed by atoms with E-state index < -0.39 is 0 Å². The normalized spacial score (nSPS) is 10.6. The van der Waals surface area contributed by atoms with E-state index in [1.807, 2.05) is 0 Å². The van der Waals surface area contributed by atoms with E-state index in [-0.39, 0.29) is 11.7 Å². The first-order valence-corrected chi connectivity index (χ1v) is 9.05. The zero-order chi connectivity index (χ0) is 19.5. The minimum absolute atomic E-state index is 0.218. The molecule has 1 aromatic carbocycles. The van der Waals surface area contributed by atoms with Crippen LogP contribution >= 0.6 is 15.9 Å². The van der Waals surface area contributed by atoms with Crippen LogP contribution in [0.15, 0.2) is 70.3 Å². The molecule has 0 radical (unpaired) electrons. The second kappa shape index (κ2) is 7.65. The van der Waals surface area contributed by atoms with Gasteiger partial charge in [0.1, 0.15) is 23.7 Å². The van der Waals surface area contributed by atoms with E-state index in [0.29, 0.717) is 33.6 Å². The largest absolute Gasteiger partial charge is 0.444 e. The van der Waals surface area contributed by atoms with Crippen molar-refractivity contribution in [2.75, 3.05) is 5.32 Å². The number of furan rings is 1. The van der Waals surface area contributed by atoms with Crippen LogP contribution in [0.2, 0.25) is 0 Å². The smallest absolute Gasteiger partial charge is 0.291 e. The molecule has 1 N–H and O–H groups in total. The van der Waals surface area contributed by atoms with Crippen LogP contribution in [-0.4, -0.2) is 25.4 Å². The number of aromatic nitrogens is 4. The van der Waals surface area contributed by atoms with Crippen LogP contribution in [-0.2, 0) is 0 Å². The fourth-order valence-corrected chi connectivity index (χ4v) is 2.77. The molecule has 0 aliphatic heterocycles. The van der Waals surface area contributed by atoms with Crippen molar-refractivity contribution in [3.05, 3.63) is 77.4 Å². The van der Waals surface area contributed by atoms with Crippen LogP contribution in [0.4, 0.5) is 5.69 Å². The fraction of sp³-hybridized carbons (Fsp3) is 0.0526. The van der Waals surface area contributed by atoms with Gasteiger partial charge >= 0.3 is 0 Å². The summed E-state index contributed by atoms with van der Waals surface area (Å²) in [5.74, 6) is 2.11. The molecule has 0 saturated carbocycles. The summed E-state index contributed by atoms with van der Waals surface area (Å²) in [7, 11) is 0. The van der Waals surface area contributed by atoms with Crippen molar-refractivity contribution in [1.82, 2.24) is 19.5 Å². The molecule has 0 atom stereocenters. The Morgan fingerprint density at radius 2 is 2.00 bits per heavy atom. The van der Waals surface area contributed by atoms with Crippen molar-refractivity contribution in [1.29, 1.82) is 0 Å². The molecule has 0 unspecified atom stereocenters. The maximum absolute atomic E-state index is 12.1. The highest BCUT2D eigenvalue weighted by atomic mass is 79.9. The number of halogens is 1. The van der Waals surface area contributed by atoms with Gasteiger partial charge in [-0.3, -0.25) is 9.36 Å². The molecule has 0 saturated heterocycles. The van der Waals surface area contributed by atoms with Gasteiger partial charge in [-0.2, -0.15) is 4.98 Å². The topological polar surface area (TPSA) is 95.1 Å². The highest BCUT2D eigenvalue weighted by Crippen LogP contribution is 2.23. The van der Waals surface area contributed by atoms with E-state index in [0.717, 1.165) is 0 Å². The first kappa shape index (κ1) is 17.9. The first-order chi connectivity index (χ1) is 13.6. The predicted molar refractivity (Wildman–Crippen MR) is 105 cm³/mol. The number of carbonyl (C=O) groups is 1. The summed E-state index contributed by atoms with van der Waals surface area (Å²) in [6.07, 6.45) is 5.12. The molecule has 0 aliphatic rings. The lowest BCUT2D eigenvalue weighted by molar-refractivity contribution is 0.0995. The van der Waals surface area contributed by atoms with E-state index in [2.05, 4.69) is 36.2 Å². The van der Waals surface area contributed by atoms with Crippen LogP contribution in [0.1, 0.15) is 16.4 Å². The quantitative estimate of drug-likeness (QED) is 0.495. The van der Waals surface area contributed by atoms with Crippen molar-refractivity contribution in [2.45, 2.75) is 6.92 Å². The van der Waals surface area contributed by atoms with Gasteiger partial charge in [0, 0.05) is 24.1 Å². The molecule has 0 aliphatic carbocycles. The maximum atomic E-state index is 12.1. The minimum atomic E-state index is -0.337. The average molecular weight is 440 g/mol. The average Bonchev–Trinajstić information content (AvgIpc) is 3.35. The van der Waals surface area contributed by atoms with E-state index in [1.54, 1.807) is 72.7 Å². The molecular formula is C19H14BrN5O3. The number of amides is 1. The Balaban J connectivity index is 1.47. The molecule has 1 amide bonds. The van der Waals surface area contributed by atoms with Crippen LogP contribution in [0.25, 0.3) is 5.82 Å². The minimum Gasteiger partial charge on any atom is -0.444 e. The summed E-state index contributed by atoms with van der Waals surface area (Å²) in [5, 5.41) is 2.75. The SMILES string of the molecule is Cc1nc(Oc2ccc(NC(=O)c3ccc(Br)o3)cc2)cc(-n2ccnc2)n1. The molecule has 0 fully saturated rings. The number of imidazole rings is 1. The van der Waals surface area contributed by atoms with Gasteiger partial charge in [0.25, 0.3) is 5.91 Å². The number of ether oxygens (including phenoxy) is 1. The number of nitrogens with one attached hydrogen (secondary N) is 1. The number of benzene rings is 1. The number of hydrogen-bond donors (Lipinski definition) is 1. The number of rotatable bonds is 5. The third kappa shape index (κ3) is 4.09. The molecule has 140 valence electrons. The number of aryl methyl sites for hydroxylation is 1. The van der Waals surface area contributed by atoms with Gasteiger partial charge in [-0.05, 0) is 59.3 Å². The molecule has 3 heterocycles. The number of carbonyl (C=O) groups excluding carboxylic acids is 1. The van der Waals surface area contributed by atoms with E-state index in [4.69, 9.17) is 9.15 Å². The Morgan fingerprint density at radius 3 is 2.68 bits per heavy atom. The predicted octanol–water partition coefficient (Wildman–Crippen LogP) is 4.37. The number of hydrogen-bond acceptors (Lipinski definition) is 6. The van der Waals surface area contributed by atoms with Gasteiger partial charge in [0.15, 0.2) is 10.4 Å². The molecule has 0 spiro atoms. The standard InChI is InChI=1S/C19H14BrN5O3/c1-12-22-17(25-9-8-21-11-25)10-18(23-12)27-14-4-2-13(3-5-14)24-19(26)15-6-7-16(20)28-15/h2-11H,1H3,(H,24,26). The van der Waals surface area contributed by atoms with E-state index >= 15 is 0 Å². The Bertz CT molecular complexity index is 1110. The monoisotopic (exact) mass is 439 g/mol. The molecule has 4 rings (SSSR count). The molecule has 9 heteroatoms. The van der Waals surface area contributed by atoms with Crippen LogP contribution in [0.3, 0.4) is 0 Å². The Kier molecular flexibility index (Phi) is 4.90. The molecule has 0 bridgehead atoms. The Hall–Kier alpha value is -3.46. The summed E-state index contributed by atoms with van der Waals surface area (Å²) in [4.78, 5) is 24.8. The number of nitrogens with zero attached hydrogens (tertiary/aromatic N) is 4. The molecule has 3 aromatic heterocycles. The Morgan fingerprint density at radius 1 is 1.18 bits per heavy atom. The summed E-state index contributed by atoms with van der Waals surface area (Å²) >= 11 is 3.17. The van der Waals surface area contributed by atoms with Crippen molar-refractivity contribution < 1.29 is 13.9 Å². The van der Waals surface area contributed by atoms with Gasteiger partial charge in [0.2, 0.25) is 5.88 Å². The molecule has 4 aromatic rings. The lowest BCUT2D eigenvalue weighted by Crippen LogP contribution is -2.10. The summed E-state index contributed by atoms with van der Waals surface area (Å²) in [6.45, 7) is 1.79. The third-order valence-electron chi connectivity index (χ3n) is 3.70. The van der Waals surface area contributed by atoms with Crippen LogP contribution in [0.5, 0.6) is 11.6 Å². The van der Waals surface area contributed by atoms with Gasteiger partial charge in [-0.15, -0.1) is 0 Å². The van der Waals surface area contributed by atoms with Gasteiger partial charge in [-0.1, -0.05) is 0 Å². The zero-order valence-corrected chi connectivity index (χ0v) is 16.3. The summed E-state index contributed by atoms with van der Waals surface area (Å²) < 4.78 is 13.3. The van der Waals surface area contributed by atoms with Crippen molar-refractivity contribution in [2.24, 2.45) is 0 Å². The molecular weight excluding hydrogens is 426 g/mol. The van der Waals surface area contributed by atoms with Crippen molar-refractivity contribution in [3.63, 3.8) is 0 Å². The van der Waals surface area contributed by atoms with Crippen LogP contribution < -0.4 is 10.1 Å². The van der Waals surface area contributed by atoms with Crippen molar-refractivity contribution >= 4 is 27.5 Å². The van der Waals surface area contributed by atoms with E-state index in [1.165, 1.54) is 0 Å². The second-order valence-corrected chi connectivity index (χ2v) is 6.55. The lowest BCUT2D eigenvalue weighted by atomic mass is 10.3. The first-order valence-electron chi connectivity index (χ1n) is 8.25. The summed E-state index contributed by atoms with van der Waals surface area (Å²) in [5.41, 5.74) is 0.614. The van der Waals surface area contributed by atoms with Gasteiger partial charge in [-0.25, -0.2) is 9.97 Å².